The van der Waals surface area contributed by atoms with Crippen molar-refractivity contribution in [3.8, 4) is 0 Å². The summed E-state index contributed by atoms with van der Waals surface area (Å²) in [6, 6.07) is 6.56. The summed E-state index contributed by atoms with van der Waals surface area (Å²) in [7, 11) is -4.03. The van der Waals surface area contributed by atoms with Gasteiger partial charge in [0.2, 0.25) is 0 Å². The molecule has 0 bridgehead atoms. The van der Waals surface area contributed by atoms with Gasteiger partial charge >= 0.3 is 6.18 Å². The number of sulfone groups is 1. The van der Waals surface area contributed by atoms with Crippen molar-refractivity contribution in [2.45, 2.75) is 48.5 Å². The number of rotatable bonds is 5. The van der Waals surface area contributed by atoms with E-state index in [1.165, 1.54) is 38.2 Å². The lowest BCUT2D eigenvalue weighted by atomic mass is 9.73. The maximum absolute atomic E-state index is 13.1. The third kappa shape index (κ3) is 4.32. The Labute approximate surface area is 177 Å². The quantitative estimate of drug-likeness (QED) is 0.712. The smallest absolute Gasteiger partial charge is 0.348 e. The molecule has 1 aromatic carbocycles. The molecule has 1 aromatic heterocycles. The van der Waals surface area contributed by atoms with Gasteiger partial charge in [-0.05, 0) is 62.9 Å². The number of amides is 1. The zero-order valence-electron chi connectivity index (χ0n) is 16.2. The molecule has 5 nitrogen and oxygen atoms in total. The van der Waals surface area contributed by atoms with Crippen molar-refractivity contribution in [2.24, 2.45) is 5.92 Å². The molecule has 1 amide bonds. The number of alkyl halides is 3. The molecule has 0 saturated heterocycles. The molecule has 162 valence electrons. The Morgan fingerprint density at radius 2 is 1.83 bits per heavy atom. The molecule has 2 aromatic rings. The van der Waals surface area contributed by atoms with Crippen LogP contribution in [0.3, 0.4) is 0 Å². The van der Waals surface area contributed by atoms with Crippen molar-refractivity contribution in [1.29, 1.82) is 0 Å². The van der Waals surface area contributed by atoms with Gasteiger partial charge in [0, 0.05) is 12.2 Å². The van der Waals surface area contributed by atoms with Crippen LogP contribution >= 0.6 is 11.6 Å². The van der Waals surface area contributed by atoms with E-state index in [0.717, 1.165) is 12.1 Å². The first-order valence-corrected chi connectivity index (χ1v) is 11.0. The predicted octanol–water partition coefficient (Wildman–Crippen LogP) is 4.51. The van der Waals surface area contributed by atoms with Gasteiger partial charge in [0.05, 0.1) is 20.2 Å². The minimum absolute atomic E-state index is 0.193. The highest BCUT2D eigenvalue weighted by Gasteiger charge is 2.49. The van der Waals surface area contributed by atoms with Gasteiger partial charge in [0.25, 0.3) is 5.91 Å². The van der Waals surface area contributed by atoms with Gasteiger partial charge in [-0.1, -0.05) is 17.7 Å². The molecule has 10 heteroatoms. The summed E-state index contributed by atoms with van der Waals surface area (Å²) in [4.78, 5) is 15.8. The second-order valence-corrected chi connectivity index (χ2v) is 10.8. The van der Waals surface area contributed by atoms with Crippen LogP contribution in [0.2, 0.25) is 5.02 Å². The molecular formula is C20H20ClF3N2O3S. The van der Waals surface area contributed by atoms with E-state index in [0.29, 0.717) is 23.9 Å². The predicted molar refractivity (Wildman–Crippen MR) is 106 cm³/mol. The molecule has 1 saturated carbocycles. The van der Waals surface area contributed by atoms with E-state index in [1.807, 2.05) is 0 Å². The maximum atomic E-state index is 13.1. The number of carbonyl (C=O) groups is 1. The molecule has 0 spiro atoms. The van der Waals surface area contributed by atoms with E-state index in [-0.39, 0.29) is 22.5 Å². The summed E-state index contributed by atoms with van der Waals surface area (Å²) in [6.07, 6.45) is -2.49. The number of aromatic nitrogens is 1. The summed E-state index contributed by atoms with van der Waals surface area (Å²) in [5.41, 5.74) is -0.813. The largest absolute Gasteiger partial charge is 0.416 e. The van der Waals surface area contributed by atoms with Crippen LogP contribution in [-0.4, -0.2) is 30.1 Å². The fourth-order valence-electron chi connectivity index (χ4n) is 3.44. The Kier molecular flexibility index (Phi) is 5.90. The van der Waals surface area contributed by atoms with Gasteiger partial charge in [-0.2, -0.15) is 13.2 Å². The van der Waals surface area contributed by atoms with Crippen LogP contribution in [0.15, 0.2) is 47.5 Å². The van der Waals surface area contributed by atoms with Crippen LogP contribution in [0.1, 0.15) is 42.7 Å². The Balaban J connectivity index is 1.69. The molecule has 1 N–H and O–H groups in total. The van der Waals surface area contributed by atoms with Crippen LogP contribution in [0.5, 0.6) is 0 Å². The van der Waals surface area contributed by atoms with E-state index in [1.54, 1.807) is 0 Å². The van der Waals surface area contributed by atoms with E-state index in [9.17, 15) is 26.4 Å². The number of pyridine rings is 1. The second-order valence-electron chi connectivity index (χ2n) is 7.83. The molecule has 0 aliphatic heterocycles. The third-order valence-electron chi connectivity index (χ3n) is 5.58. The minimum atomic E-state index is -4.63. The number of hydrogen-bond donors (Lipinski definition) is 1. The SMILES string of the molecule is CC(C)([C@H]1C[C@@H](NC(=O)c2ccc(Cl)cn2)C1)S(=O)(=O)c1cccc(C(F)(F)F)c1. The molecular weight excluding hydrogens is 441 g/mol. The lowest BCUT2D eigenvalue weighted by Gasteiger charge is -2.44. The fraction of sp³-hybridized carbons (Fsp3) is 0.400. The van der Waals surface area contributed by atoms with E-state index in [4.69, 9.17) is 11.6 Å². The Morgan fingerprint density at radius 3 is 2.40 bits per heavy atom. The number of carbonyl (C=O) groups excluding carboxylic acids is 1. The normalized spacial score (nSPS) is 19.8. The minimum Gasteiger partial charge on any atom is -0.348 e. The zero-order valence-corrected chi connectivity index (χ0v) is 17.8. The number of hydrogen-bond acceptors (Lipinski definition) is 4. The van der Waals surface area contributed by atoms with Crippen molar-refractivity contribution in [2.75, 3.05) is 0 Å². The topological polar surface area (TPSA) is 76.1 Å². The molecule has 1 fully saturated rings. The first-order chi connectivity index (χ1) is 13.8. The number of nitrogens with zero attached hydrogens (tertiary/aromatic N) is 1. The molecule has 0 unspecified atom stereocenters. The molecule has 0 atom stereocenters. The van der Waals surface area contributed by atoms with Crippen LogP contribution in [0, 0.1) is 5.92 Å². The van der Waals surface area contributed by atoms with Gasteiger partial charge in [-0.3, -0.25) is 4.79 Å². The highest BCUT2D eigenvalue weighted by molar-refractivity contribution is 7.92. The number of halogens is 4. The van der Waals surface area contributed by atoms with Crippen LogP contribution < -0.4 is 5.32 Å². The van der Waals surface area contributed by atoms with Gasteiger partial charge in [-0.15, -0.1) is 0 Å². The molecule has 1 heterocycles. The number of benzene rings is 1. The average molecular weight is 461 g/mol. The van der Waals surface area contributed by atoms with Gasteiger partial charge in [0.15, 0.2) is 9.84 Å². The van der Waals surface area contributed by atoms with Gasteiger partial charge in [-0.25, -0.2) is 13.4 Å². The molecule has 0 radical (unpaired) electrons. The molecule has 30 heavy (non-hydrogen) atoms. The van der Waals surface area contributed by atoms with Crippen LogP contribution in [0.4, 0.5) is 13.2 Å². The van der Waals surface area contributed by atoms with E-state index in [2.05, 4.69) is 10.3 Å². The lowest BCUT2D eigenvalue weighted by molar-refractivity contribution is -0.137. The van der Waals surface area contributed by atoms with Crippen LogP contribution in [0.25, 0.3) is 0 Å². The zero-order chi connectivity index (χ0) is 22.3. The van der Waals surface area contributed by atoms with Crippen molar-refractivity contribution in [3.63, 3.8) is 0 Å². The highest BCUT2D eigenvalue weighted by Crippen LogP contribution is 2.44. The number of nitrogens with one attached hydrogen (secondary N) is 1. The monoisotopic (exact) mass is 460 g/mol. The first-order valence-electron chi connectivity index (χ1n) is 9.16. The molecule has 3 rings (SSSR count). The molecule has 1 aliphatic rings. The van der Waals surface area contributed by atoms with Gasteiger partial charge in [0.1, 0.15) is 5.69 Å². The standard InChI is InChI=1S/C20H20ClF3N2O3S/c1-19(2,30(28,29)16-5-3-4-12(10-16)20(22,23)24)13-8-15(9-13)26-18(27)17-7-6-14(21)11-25-17/h3-7,10-11,13,15H,8-9H2,1-2H3,(H,26,27)/t13-,15+. The van der Waals surface area contributed by atoms with E-state index >= 15 is 0 Å². The summed E-state index contributed by atoms with van der Waals surface area (Å²) in [5, 5.41) is 3.19. The van der Waals surface area contributed by atoms with Gasteiger partial charge < -0.3 is 5.32 Å². The summed E-state index contributed by atoms with van der Waals surface area (Å²) in [5.74, 6) is -0.714. The van der Waals surface area contributed by atoms with Crippen molar-refractivity contribution in [1.82, 2.24) is 10.3 Å². The third-order valence-corrected chi connectivity index (χ3v) is 8.40. The summed E-state index contributed by atoms with van der Waals surface area (Å²) >= 11 is 5.74. The summed E-state index contributed by atoms with van der Waals surface area (Å²) in [6.45, 7) is 3.01. The van der Waals surface area contributed by atoms with E-state index < -0.39 is 32.2 Å². The Bertz CT molecular complexity index is 1050. The van der Waals surface area contributed by atoms with Crippen molar-refractivity contribution >= 4 is 27.3 Å². The maximum Gasteiger partial charge on any atom is 0.416 e. The first kappa shape index (κ1) is 22.6. The van der Waals surface area contributed by atoms with Crippen molar-refractivity contribution < 1.29 is 26.4 Å². The van der Waals surface area contributed by atoms with Crippen molar-refractivity contribution in [3.05, 3.63) is 58.9 Å². The highest BCUT2D eigenvalue weighted by atomic mass is 35.5. The average Bonchev–Trinajstić information content (AvgIpc) is 2.63. The Hall–Kier alpha value is -2.13. The second kappa shape index (κ2) is 7.85. The molecule has 1 aliphatic carbocycles. The summed E-state index contributed by atoms with van der Waals surface area (Å²) < 4.78 is 63.8. The van der Waals surface area contributed by atoms with Crippen LogP contribution in [-0.2, 0) is 16.0 Å². The lowest BCUT2D eigenvalue weighted by Crippen LogP contribution is -2.53. The Morgan fingerprint density at radius 1 is 1.17 bits per heavy atom. The fourth-order valence-corrected chi connectivity index (χ4v) is 5.33.